The zero-order valence-corrected chi connectivity index (χ0v) is 19.6. The van der Waals surface area contributed by atoms with Crippen LogP contribution in [0.15, 0.2) is 65.3 Å². The topological polar surface area (TPSA) is 71.8 Å². The molecule has 0 bridgehead atoms. The molecule has 34 heavy (non-hydrogen) atoms. The van der Waals surface area contributed by atoms with Gasteiger partial charge in [-0.25, -0.2) is 4.39 Å². The molecule has 3 aromatic rings. The Balaban J connectivity index is 1.71. The lowest BCUT2D eigenvalue weighted by molar-refractivity contribution is -0.128. The fraction of sp³-hybridized carbons (Fsp3) is 0.333. The smallest absolute Gasteiger partial charge is 0.290 e. The minimum atomic E-state index is -0.630. The van der Waals surface area contributed by atoms with Crippen LogP contribution in [0.2, 0.25) is 0 Å². The van der Waals surface area contributed by atoms with Crippen molar-refractivity contribution in [2.24, 2.45) is 0 Å². The Morgan fingerprint density at radius 3 is 2.59 bits per heavy atom. The minimum absolute atomic E-state index is 0.0118. The number of benzene rings is 2. The number of nitrogens with zero attached hydrogens (tertiary/aromatic N) is 1. The summed E-state index contributed by atoms with van der Waals surface area (Å²) in [4.78, 5) is 27.6. The summed E-state index contributed by atoms with van der Waals surface area (Å²) in [6.07, 6.45) is 2.01. The molecule has 0 saturated carbocycles. The highest BCUT2D eigenvalue weighted by molar-refractivity contribution is 5.92. The lowest BCUT2D eigenvalue weighted by Gasteiger charge is -2.37. The van der Waals surface area contributed by atoms with Crippen LogP contribution < -0.4 is 10.1 Å². The number of ether oxygens (including phenoxy) is 1. The summed E-state index contributed by atoms with van der Waals surface area (Å²) >= 11 is 0. The van der Waals surface area contributed by atoms with Gasteiger partial charge in [0.15, 0.2) is 11.9 Å². The highest BCUT2D eigenvalue weighted by atomic mass is 19.1. The summed E-state index contributed by atoms with van der Waals surface area (Å²) < 4.78 is 25.1. The third kappa shape index (κ3) is 4.98. The molecule has 2 heterocycles. The van der Waals surface area contributed by atoms with Crippen molar-refractivity contribution in [3.63, 3.8) is 0 Å². The largest absolute Gasteiger partial charge is 0.481 e. The van der Waals surface area contributed by atoms with Crippen molar-refractivity contribution in [1.29, 1.82) is 0 Å². The second-order valence-electron chi connectivity index (χ2n) is 8.72. The summed E-state index contributed by atoms with van der Waals surface area (Å²) in [5.41, 5.74) is 2.74. The summed E-state index contributed by atoms with van der Waals surface area (Å²) in [5, 5.41) is 2.89. The number of rotatable bonds is 7. The molecule has 6 nitrogen and oxygen atoms in total. The van der Waals surface area contributed by atoms with E-state index in [9.17, 15) is 14.0 Å². The Hall–Kier alpha value is -3.61. The van der Waals surface area contributed by atoms with Gasteiger partial charge in [-0.15, -0.1) is 0 Å². The number of amides is 2. The molecule has 0 fully saturated rings. The molecule has 4 rings (SSSR count). The molecule has 0 spiro atoms. The lowest BCUT2D eigenvalue weighted by atomic mass is 9.87. The highest BCUT2D eigenvalue weighted by Gasteiger charge is 2.34. The molecule has 178 valence electrons. The second kappa shape index (κ2) is 10.1. The van der Waals surface area contributed by atoms with Crippen LogP contribution in [0.4, 0.5) is 4.39 Å². The van der Waals surface area contributed by atoms with E-state index in [0.717, 1.165) is 16.7 Å². The van der Waals surface area contributed by atoms with Crippen molar-refractivity contribution in [2.45, 2.75) is 51.8 Å². The van der Waals surface area contributed by atoms with Crippen LogP contribution in [-0.2, 0) is 11.2 Å². The molecule has 2 atom stereocenters. The van der Waals surface area contributed by atoms with E-state index in [1.54, 1.807) is 29.2 Å². The van der Waals surface area contributed by atoms with Gasteiger partial charge in [0.25, 0.3) is 11.8 Å². The zero-order chi connectivity index (χ0) is 24.2. The number of nitrogens with one attached hydrogen (secondary N) is 1. The van der Waals surface area contributed by atoms with Crippen molar-refractivity contribution in [3.8, 4) is 5.75 Å². The van der Waals surface area contributed by atoms with E-state index in [2.05, 4.69) is 5.32 Å². The Bertz CT molecular complexity index is 1140. The molecular weight excluding hydrogens is 435 g/mol. The van der Waals surface area contributed by atoms with E-state index in [1.807, 2.05) is 39.0 Å². The van der Waals surface area contributed by atoms with Crippen LogP contribution in [0.1, 0.15) is 60.5 Å². The molecule has 1 N–H and O–H groups in total. The van der Waals surface area contributed by atoms with Crippen LogP contribution >= 0.6 is 0 Å². The fourth-order valence-electron chi connectivity index (χ4n) is 4.30. The van der Waals surface area contributed by atoms with Gasteiger partial charge in [0.1, 0.15) is 11.6 Å². The molecule has 7 heteroatoms. The summed E-state index contributed by atoms with van der Waals surface area (Å²) in [5.74, 6) is 0.0463. The van der Waals surface area contributed by atoms with Gasteiger partial charge < -0.3 is 19.4 Å². The maximum Gasteiger partial charge on any atom is 0.290 e. The van der Waals surface area contributed by atoms with Gasteiger partial charge in [-0.2, -0.15) is 0 Å². The number of carbonyl (C=O) groups is 2. The third-order valence-electron chi connectivity index (χ3n) is 5.90. The van der Waals surface area contributed by atoms with Crippen molar-refractivity contribution >= 4 is 11.8 Å². The van der Waals surface area contributed by atoms with E-state index in [1.165, 1.54) is 18.4 Å². The Morgan fingerprint density at radius 1 is 1.18 bits per heavy atom. The van der Waals surface area contributed by atoms with E-state index >= 15 is 0 Å². The average molecular weight is 465 g/mol. The molecule has 0 saturated heterocycles. The standard InChI is InChI=1S/C27H29FN2O4/c1-4-23(26(31)29-17(2)3)34-21-12-9-18-13-14-30(27(32)24-6-5-15-33-24)25(22(18)16-21)19-7-10-20(28)11-8-19/h5-12,15-17,23,25H,4,13-14H2,1-3H3,(H,29,31). The minimum Gasteiger partial charge on any atom is -0.481 e. The molecule has 0 radical (unpaired) electrons. The first-order chi connectivity index (χ1) is 16.4. The van der Waals surface area contributed by atoms with E-state index in [4.69, 9.17) is 9.15 Å². The molecule has 2 unspecified atom stereocenters. The van der Waals surface area contributed by atoms with Crippen LogP contribution in [0.5, 0.6) is 5.75 Å². The van der Waals surface area contributed by atoms with E-state index < -0.39 is 12.1 Å². The van der Waals surface area contributed by atoms with E-state index in [0.29, 0.717) is 25.1 Å². The predicted octanol–water partition coefficient (Wildman–Crippen LogP) is 4.89. The number of halogens is 1. The molecule has 0 aliphatic carbocycles. The monoisotopic (exact) mass is 464 g/mol. The molecule has 1 aromatic heterocycles. The van der Waals surface area contributed by atoms with Gasteiger partial charge in [0, 0.05) is 12.6 Å². The van der Waals surface area contributed by atoms with Crippen LogP contribution in [0.3, 0.4) is 0 Å². The average Bonchev–Trinajstić information content (AvgIpc) is 3.36. The normalized spacial score (nSPS) is 16.1. The zero-order valence-electron chi connectivity index (χ0n) is 19.6. The van der Waals surface area contributed by atoms with Gasteiger partial charge in [0.2, 0.25) is 0 Å². The highest BCUT2D eigenvalue weighted by Crippen LogP contribution is 2.38. The molecular formula is C27H29FN2O4. The Morgan fingerprint density at radius 2 is 1.94 bits per heavy atom. The summed E-state index contributed by atoms with van der Waals surface area (Å²) in [6, 6.07) is 14.8. The predicted molar refractivity (Wildman–Crippen MR) is 126 cm³/mol. The maximum absolute atomic E-state index is 13.7. The number of hydrogen-bond donors (Lipinski definition) is 1. The van der Waals surface area contributed by atoms with Crippen molar-refractivity contribution in [2.75, 3.05) is 6.54 Å². The van der Waals surface area contributed by atoms with Crippen LogP contribution in [0, 0.1) is 5.82 Å². The first kappa shape index (κ1) is 23.5. The van der Waals surface area contributed by atoms with Crippen molar-refractivity contribution in [3.05, 3.63) is 89.1 Å². The summed E-state index contributed by atoms with van der Waals surface area (Å²) in [6.45, 7) is 6.19. The fourth-order valence-corrected chi connectivity index (χ4v) is 4.30. The number of furan rings is 1. The van der Waals surface area contributed by atoms with E-state index in [-0.39, 0.29) is 29.4 Å². The third-order valence-corrected chi connectivity index (χ3v) is 5.90. The molecule has 2 amide bonds. The lowest BCUT2D eigenvalue weighted by Crippen LogP contribution is -2.41. The van der Waals surface area contributed by atoms with Crippen LogP contribution in [-0.4, -0.2) is 35.4 Å². The molecule has 1 aliphatic rings. The van der Waals surface area contributed by atoms with Gasteiger partial charge >= 0.3 is 0 Å². The second-order valence-corrected chi connectivity index (χ2v) is 8.72. The van der Waals surface area contributed by atoms with Crippen molar-refractivity contribution in [1.82, 2.24) is 10.2 Å². The Kier molecular flexibility index (Phi) is 7.01. The number of fused-ring (bicyclic) bond motifs is 1. The first-order valence-corrected chi connectivity index (χ1v) is 11.6. The number of hydrogen-bond acceptors (Lipinski definition) is 4. The SMILES string of the molecule is CCC(Oc1ccc2c(c1)C(c1ccc(F)cc1)N(C(=O)c1ccco1)CC2)C(=O)NC(C)C. The first-order valence-electron chi connectivity index (χ1n) is 11.6. The molecule has 1 aliphatic heterocycles. The quantitative estimate of drug-likeness (QED) is 0.541. The summed E-state index contributed by atoms with van der Waals surface area (Å²) in [7, 11) is 0. The van der Waals surface area contributed by atoms with Gasteiger partial charge in [-0.3, -0.25) is 9.59 Å². The van der Waals surface area contributed by atoms with Gasteiger partial charge in [-0.1, -0.05) is 25.1 Å². The van der Waals surface area contributed by atoms with Crippen LogP contribution in [0.25, 0.3) is 0 Å². The molecule has 2 aromatic carbocycles. The Labute approximate surface area is 198 Å². The van der Waals surface area contributed by atoms with Crippen molar-refractivity contribution < 1.29 is 23.1 Å². The number of carbonyl (C=O) groups excluding carboxylic acids is 2. The maximum atomic E-state index is 13.7. The van der Waals surface area contributed by atoms with Gasteiger partial charge in [-0.05, 0) is 79.8 Å². The van der Waals surface area contributed by atoms with Gasteiger partial charge in [0.05, 0.1) is 12.3 Å².